The van der Waals surface area contributed by atoms with E-state index in [2.05, 4.69) is 5.32 Å². The molecule has 0 aromatic heterocycles. The molecular weight excluding hydrogens is 491 g/mol. The number of carbonyl (C=O) groups excluding carboxylic acids is 1. The molecule has 186 valence electrons. The zero-order valence-electron chi connectivity index (χ0n) is 19.1. The monoisotopic (exact) mass is 518 g/mol. The van der Waals surface area contributed by atoms with Crippen LogP contribution in [0.3, 0.4) is 0 Å². The first-order valence-corrected chi connectivity index (χ1v) is 15.3. The molecule has 1 saturated heterocycles. The van der Waals surface area contributed by atoms with Gasteiger partial charge in [0.05, 0.1) is 28.1 Å². The van der Waals surface area contributed by atoms with Gasteiger partial charge in [-0.1, -0.05) is 0 Å². The fourth-order valence-corrected chi connectivity index (χ4v) is 9.20. The molecule has 2 aliphatic carbocycles. The lowest BCUT2D eigenvalue weighted by atomic mass is 9.70. The number of fused-ring (bicyclic) bond motifs is 2. The minimum absolute atomic E-state index is 0.00123. The number of carbonyl (C=O) groups is 1. The molecule has 1 unspecified atom stereocenters. The Labute approximate surface area is 204 Å². The van der Waals surface area contributed by atoms with Gasteiger partial charge in [0.1, 0.15) is 15.7 Å². The number of sulfone groups is 1. The summed E-state index contributed by atoms with van der Waals surface area (Å²) in [6.45, 7) is 0. The predicted molar refractivity (Wildman–Crippen MR) is 130 cm³/mol. The van der Waals surface area contributed by atoms with Crippen LogP contribution in [-0.2, 0) is 30.1 Å². The fourth-order valence-electron chi connectivity index (χ4n) is 5.85. The first-order chi connectivity index (χ1) is 16.6. The number of hydrogen-bond donors (Lipinski definition) is 1. The summed E-state index contributed by atoms with van der Waals surface area (Å²) in [5, 5.41) is 2.96. The number of halogens is 1. The third-order valence-corrected chi connectivity index (χ3v) is 11.4. The number of nitrogens with one attached hydrogen (secondary N) is 1. The van der Waals surface area contributed by atoms with Gasteiger partial charge in [0.2, 0.25) is 5.91 Å². The lowest BCUT2D eigenvalue weighted by Gasteiger charge is -2.41. The van der Waals surface area contributed by atoms with E-state index in [0.29, 0.717) is 24.2 Å². The van der Waals surface area contributed by atoms with E-state index in [9.17, 15) is 26.0 Å². The van der Waals surface area contributed by atoms with Gasteiger partial charge in [0.25, 0.3) is 10.0 Å². The highest BCUT2D eigenvalue weighted by Gasteiger charge is 2.60. The van der Waals surface area contributed by atoms with Gasteiger partial charge >= 0.3 is 0 Å². The number of hydrogen-bond acceptors (Lipinski definition) is 5. The van der Waals surface area contributed by atoms with Crippen LogP contribution in [0.15, 0.2) is 47.4 Å². The number of amides is 1. The van der Waals surface area contributed by atoms with Crippen LogP contribution in [0.2, 0.25) is 0 Å². The molecular formula is C25H27FN2O5S2. The summed E-state index contributed by atoms with van der Waals surface area (Å²) >= 11 is 0. The SMILES string of the molecule is O=C(Nc1ccc2c(c1)C1(CCS(=O)(=O)CC1)C(C1CC1)N2S(=O)(=O)c1ccc(F)cc1)C1CC1. The zero-order chi connectivity index (χ0) is 24.6. The molecule has 1 N–H and O–H groups in total. The van der Waals surface area contributed by atoms with E-state index in [0.717, 1.165) is 43.4 Å². The minimum Gasteiger partial charge on any atom is -0.326 e. The van der Waals surface area contributed by atoms with Crippen LogP contribution in [0.5, 0.6) is 0 Å². The lowest BCUT2D eigenvalue weighted by Crippen LogP contribution is -2.52. The Morgan fingerprint density at radius 2 is 1.66 bits per heavy atom. The second-order valence-corrected chi connectivity index (χ2v) is 14.5. The highest BCUT2D eigenvalue weighted by molar-refractivity contribution is 7.93. The molecule has 0 radical (unpaired) electrons. The first kappa shape index (κ1) is 23.0. The fraction of sp³-hybridized carbons (Fsp3) is 0.480. The van der Waals surface area contributed by atoms with Crippen molar-refractivity contribution >= 4 is 37.1 Å². The van der Waals surface area contributed by atoms with E-state index in [4.69, 9.17) is 0 Å². The van der Waals surface area contributed by atoms with E-state index in [1.54, 1.807) is 12.1 Å². The Hall–Kier alpha value is -2.46. The van der Waals surface area contributed by atoms with Gasteiger partial charge in [-0.2, -0.15) is 0 Å². The average Bonchev–Trinajstić information content (AvgIpc) is 3.73. The van der Waals surface area contributed by atoms with Gasteiger partial charge in [0, 0.05) is 17.0 Å². The van der Waals surface area contributed by atoms with E-state index in [1.165, 1.54) is 16.4 Å². The van der Waals surface area contributed by atoms with Crippen molar-refractivity contribution in [1.82, 2.24) is 0 Å². The minimum atomic E-state index is -4.04. The second-order valence-electron chi connectivity index (χ2n) is 10.3. The Kier molecular flexibility index (Phi) is 5.10. The summed E-state index contributed by atoms with van der Waals surface area (Å²) in [6.07, 6.45) is 4.14. The van der Waals surface area contributed by atoms with Crippen LogP contribution in [0.4, 0.5) is 15.8 Å². The van der Waals surface area contributed by atoms with E-state index in [-0.39, 0.29) is 34.1 Å². The summed E-state index contributed by atoms with van der Waals surface area (Å²) in [4.78, 5) is 12.4. The molecule has 2 aromatic rings. The smallest absolute Gasteiger partial charge is 0.264 e. The van der Waals surface area contributed by atoms with Crippen molar-refractivity contribution in [1.29, 1.82) is 0 Å². The lowest BCUT2D eigenvalue weighted by molar-refractivity contribution is -0.117. The van der Waals surface area contributed by atoms with Crippen LogP contribution in [0.25, 0.3) is 0 Å². The standard InChI is InChI=1S/C25H27FN2O5S2/c26-18-5-8-20(9-6-18)35(32,33)28-22-10-7-19(27-24(29)17-3-4-17)15-21(22)25(23(28)16-1-2-16)11-13-34(30,31)14-12-25/h5-10,15-17,23H,1-4,11-14H2,(H,27,29). The van der Waals surface area contributed by atoms with Crippen molar-refractivity contribution in [3.63, 3.8) is 0 Å². The zero-order valence-corrected chi connectivity index (χ0v) is 20.7. The van der Waals surface area contributed by atoms with Crippen molar-refractivity contribution in [2.75, 3.05) is 21.1 Å². The van der Waals surface area contributed by atoms with Crippen molar-refractivity contribution in [3.8, 4) is 0 Å². The van der Waals surface area contributed by atoms with Gasteiger partial charge in [-0.25, -0.2) is 21.2 Å². The normalized spacial score (nSPS) is 24.8. The third kappa shape index (κ3) is 3.85. The summed E-state index contributed by atoms with van der Waals surface area (Å²) in [7, 11) is -7.24. The van der Waals surface area contributed by atoms with Crippen molar-refractivity contribution in [2.45, 2.75) is 54.9 Å². The van der Waals surface area contributed by atoms with Gasteiger partial charge < -0.3 is 5.32 Å². The molecule has 10 heteroatoms. The molecule has 2 saturated carbocycles. The Balaban J connectivity index is 1.50. The Bertz CT molecular complexity index is 1400. The molecule has 3 fully saturated rings. The van der Waals surface area contributed by atoms with Gasteiger partial charge in [-0.3, -0.25) is 9.10 Å². The molecule has 1 atom stereocenters. The molecule has 6 rings (SSSR count). The summed E-state index contributed by atoms with van der Waals surface area (Å²) < 4.78 is 67.8. The van der Waals surface area contributed by atoms with Crippen molar-refractivity contribution in [3.05, 3.63) is 53.8 Å². The van der Waals surface area contributed by atoms with E-state index < -0.39 is 37.1 Å². The molecule has 0 bridgehead atoms. The highest BCUT2D eigenvalue weighted by atomic mass is 32.2. The van der Waals surface area contributed by atoms with Crippen LogP contribution in [0, 0.1) is 17.7 Å². The number of benzene rings is 2. The van der Waals surface area contributed by atoms with Gasteiger partial charge in [0.15, 0.2) is 0 Å². The van der Waals surface area contributed by atoms with E-state index in [1.807, 2.05) is 6.07 Å². The van der Waals surface area contributed by atoms with E-state index >= 15 is 0 Å². The molecule has 7 nitrogen and oxygen atoms in total. The van der Waals surface area contributed by atoms with Gasteiger partial charge in [-0.05, 0) is 92.5 Å². The third-order valence-electron chi connectivity index (χ3n) is 7.96. The largest absolute Gasteiger partial charge is 0.326 e. The summed E-state index contributed by atoms with van der Waals surface area (Å²) in [5.74, 6) is -0.431. The Morgan fingerprint density at radius 1 is 1.00 bits per heavy atom. The first-order valence-electron chi connectivity index (χ1n) is 12.1. The maximum atomic E-state index is 14.0. The molecule has 35 heavy (non-hydrogen) atoms. The molecule has 1 spiro atoms. The second kappa shape index (κ2) is 7.77. The highest BCUT2D eigenvalue weighted by Crippen LogP contribution is 2.59. The van der Waals surface area contributed by atoms with Crippen LogP contribution >= 0.6 is 0 Å². The Morgan fingerprint density at radius 3 is 2.26 bits per heavy atom. The molecule has 4 aliphatic rings. The number of sulfonamides is 1. The molecule has 1 amide bonds. The predicted octanol–water partition coefficient (Wildman–Crippen LogP) is 3.61. The molecule has 2 heterocycles. The maximum Gasteiger partial charge on any atom is 0.264 e. The van der Waals surface area contributed by atoms with Crippen molar-refractivity contribution < 1.29 is 26.0 Å². The summed E-state index contributed by atoms with van der Waals surface area (Å²) in [6, 6.07) is 9.69. The molecule has 2 aromatic carbocycles. The quantitative estimate of drug-likeness (QED) is 0.652. The number of anilines is 2. The number of rotatable bonds is 5. The topological polar surface area (TPSA) is 101 Å². The summed E-state index contributed by atoms with van der Waals surface area (Å²) in [5.41, 5.74) is 1.25. The number of nitrogens with zero attached hydrogens (tertiary/aromatic N) is 1. The van der Waals surface area contributed by atoms with Crippen LogP contribution < -0.4 is 9.62 Å². The molecule has 2 aliphatic heterocycles. The van der Waals surface area contributed by atoms with Gasteiger partial charge in [-0.15, -0.1) is 0 Å². The average molecular weight is 519 g/mol. The van der Waals surface area contributed by atoms with Crippen LogP contribution in [-0.4, -0.2) is 40.3 Å². The van der Waals surface area contributed by atoms with Crippen molar-refractivity contribution in [2.24, 2.45) is 11.8 Å². The van der Waals surface area contributed by atoms with Crippen LogP contribution in [0.1, 0.15) is 44.1 Å². The maximum absolute atomic E-state index is 14.0.